The molecule has 0 aliphatic carbocycles. The molecule has 0 bridgehead atoms. The standard InChI is InChI=1S/C13H23N3O2/c1-10(17)15-11-4-3-7-16(8-11)12(18)13(2)5-6-14-9-13/h11,14H,3-9H2,1-2H3,(H,15,17)/t11-,13-/m0/s1. The number of hydrogen-bond donors (Lipinski definition) is 2. The van der Waals surface area contributed by atoms with Crippen LogP contribution in [-0.2, 0) is 9.59 Å². The lowest BCUT2D eigenvalue weighted by Gasteiger charge is -2.37. The number of carbonyl (C=O) groups excluding carboxylic acids is 2. The lowest BCUT2D eigenvalue weighted by molar-refractivity contribution is -0.142. The van der Waals surface area contributed by atoms with E-state index in [1.807, 2.05) is 11.8 Å². The maximum atomic E-state index is 12.5. The molecule has 2 saturated heterocycles. The molecule has 102 valence electrons. The third-order valence-corrected chi connectivity index (χ3v) is 4.00. The maximum absolute atomic E-state index is 12.5. The van der Waals surface area contributed by atoms with Gasteiger partial charge in [0.05, 0.1) is 5.41 Å². The molecular formula is C13H23N3O2. The summed E-state index contributed by atoms with van der Waals surface area (Å²) in [5.41, 5.74) is -0.252. The topological polar surface area (TPSA) is 61.4 Å². The highest BCUT2D eigenvalue weighted by atomic mass is 16.2. The van der Waals surface area contributed by atoms with E-state index in [0.29, 0.717) is 6.54 Å². The fourth-order valence-corrected chi connectivity index (χ4v) is 2.95. The van der Waals surface area contributed by atoms with Gasteiger partial charge in [0.1, 0.15) is 0 Å². The van der Waals surface area contributed by atoms with Gasteiger partial charge in [-0.3, -0.25) is 9.59 Å². The first-order chi connectivity index (χ1) is 8.51. The van der Waals surface area contributed by atoms with E-state index in [-0.39, 0.29) is 23.3 Å². The number of piperidine rings is 1. The Hall–Kier alpha value is -1.10. The van der Waals surface area contributed by atoms with Crippen molar-refractivity contribution in [2.75, 3.05) is 26.2 Å². The Morgan fingerprint density at radius 3 is 2.83 bits per heavy atom. The average Bonchev–Trinajstić information content (AvgIpc) is 2.76. The van der Waals surface area contributed by atoms with E-state index in [4.69, 9.17) is 0 Å². The van der Waals surface area contributed by atoms with Gasteiger partial charge in [0.15, 0.2) is 0 Å². The van der Waals surface area contributed by atoms with E-state index in [1.54, 1.807) is 0 Å². The Balaban J connectivity index is 1.95. The molecule has 2 N–H and O–H groups in total. The van der Waals surface area contributed by atoms with Crippen LogP contribution in [0.4, 0.5) is 0 Å². The molecule has 18 heavy (non-hydrogen) atoms. The Kier molecular flexibility index (Phi) is 3.90. The van der Waals surface area contributed by atoms with Gasteiger partial charge in [0, 0.05) is 32.6 Å². The lowest BCUT2D eigenvalue weighted by Crippen LogP contribution is -2.53. The minimum atomic E-state index is -0.252. The number of hydrogen-bond acceptors (Lipinski definition) is 3. The summed E-state index contributed by atoms with van der Waals surface area (Å²) < 4.78 is 0. The second-order valence-corrected chi connectivity index (χ2v) is 5.78. The zero-order valence-corrected chi connectivity index (χ0v) is 11.3. The third kappa shape index (κ3) is 2.83. The molecule has 2 amide bonds. The lowest BCUT2D eigenvalue weighted by atomic mass is 9.87. The molecule has 0 saturated carbocycles. The molecule has 0 unspecified atom stereocenters. The van der Waals surface area contributed by atoms with Crippen LogP contribution in [0.1, 0.15) is 33.1 Å². The fraction of sp³-hybridized carbons (Fsp3) is 0.846. The van der Waals surface area contributed by atoms with Crippen molar-refractivity contribution in [3.8, 4) is 0 Å². The number of nitrogens with one attached hydrogen (secondary N) is 2. The zero-order valence-electron chi connectivity index (χ0n) is 11.3. The van der Waals surface area contributed by atoms with E-state index < -0.39 is 0 Å². The quantitative estimate of drug-likeness (QED) is 0.734. The van der Waals surface area contributed by atoms with Crippen molar-refractivity contribution in [2.45, 2.75) is 39.2 Å². The van der Waals surface area contributed by atoms with E-state index in [9.17, 15) is 9.59 Å². The van der Waals surface area contributed by atoms with Gasteiger partial charge in [0.2, 0.25) is 11.8 Å². The zero-order chi connectivity index (χ0) is 13.2. The second-order valence-electron chi connectivity index (χ2n) is 5.78. The van der Waals surface area contributed by atoms with E-state index in [1.165, 1.54) is 6.92 Å². The Labute approximate surface area is 108 Å². The van der Waals surface area contributed by atoms with Crippen LogP contribution in [-0.4, -0.2) is 48.9 Å². The Morgan fingerprint density at radius 1 is 1.44 bits per heavy atom. The summed E-state index contributed by atoms with van der Waals surface area (Å²) in [6.07, 6.45) is 2.85. The van der Waals surface area contributed by atoms with Crippen LogP contribution in [0.5, 0.6) is 0 Å². The third-order valence-electron chi connectivity index (χ3n) is 4.00. The molecule has 0 aromatic carbocycles. The molecule has 0 radical (unpaired) electrons. The Morgan fingerprint density at radius 2 is 2.22 bits per heavy atom. The highest BCUT2D eigenvalue weighted by Gasteiger charge is 2.40. The van der Waals surface area contributed by atoms with Crippen LogP contribution in [0.2, 0.25) is 0 Å². The molecule has 5 nitrogen and oxygen atoms in total. The maximum Gasteiger partial charge on any atom is 0.229 e. The number of nitrogens with zero attached hydrogens (tertiary/aromatic N) is 1. The van der Waals surface area contributed by atoms with Crippen molar-refractivity contribution >= 4 is 11.8 Å². The monoisotopic (exact) mass is 253 g/mol. The second kappa shape index (κ2) is 5.26. The molecule has 5 heteroatoms. The number of carbonyl (C=O) groups is 2. The van der Waals surface area contributed by atoms with Crippen LogP contribution in [0.25, 0.3) is 0 Å². The molecular weight excluding hydrogens is 230 g/mol. The summed E-state index contributed by atoms with van der Waals surface area (Å²) in [5, 5.41) is 6.18. The van der Waals surface area contributed by atoms with E-state index >= 15 is 0 Å². The predicted octanol–water partition coefficient (Wildman–Crippen LogP) is 0.113. The molecule has 2 aliphatic rings. The van der Waals surface area contributed by atoms with Crippen molar-refractivity contribution in [3.63, 3.8) is 0 Å². The first kappa shape index (κ1) is 13.3. The van der Waals surface area contributed by atoms with Gasteiger partial charge in [-0.2, -0.15) is 0 Å². The smallest absolute Gasteiger partial charge is 0.229 e. The molecule has 2 atom stereocenters. The number of amides is 2. The van der Waals surface area contributed by atoms with Crippen LogP contribution in [0.3, 0.4) is 0 Å². The van der Waals surface area contributed by atoms with Gasteiger partial charge >= 0.3 is 0 Å². The van der Waals surface area contributed by atoms with Crippen LogP contribution in [0.15, 0.2) is 0 Å². The highest BCUT2D eigenvalue weighted by molar-refractivity contribution is 5.83. The molecule has 2 fully saturated rings. The largest absolute Gasteiger partial charge is 0.352 e. The van der Waals surface area contributed by atoms with Gasteiger partial charge in [-0.05, 0) is 32.7 Å². The van der Waals surface area contributed by atoms with Gasteiger partial charge in [-0.25, -0.2) is 0 Å². The average molecular weight is 253 g/mol. The van der Waals surface area contributed by atoms with Crippen molar-refractivity contribution in [1.29, 1.82) is 0 Å². The fourth-order valence-electron chi connectivity index (χ4n) is 2.95. The minimum absolute atomic E-state index is 0.0111. The van der Waals surface area contributed by atoms with Crippen LogP contribution < -0.4 is 10.6 Å². The summed E-state index contributed by atoms with van der Waals surface area (Å²) in [6, 6.07) is 0.123. The van der Waals surface area contributed by atoms with Crippen molar-refractivity contribution in [3.05, 3.63) is 0 Å². The summed E-state index contributed by atoms with van der Waals surface area (Å²) in [6.45, 7) is 6.75. The molecule has 2 aliphatic heterocycles. The first-order valence-electron chi connectivity index (χ1n) is 6.78. The summed E-state index contributed by atoms with van der Waals surface area (Å²) in [4.78, 5) is 25.5. The van der Waals surface area contributed by atoms with Gasteiger partial charge < -0.3 is 15.5 Å². The summed E-state index contributed by atoms with van der Waals surface area (Å²) >= 11 is 0. The van der Waals surface area contributed by atoms with Crippen LogP contribution in [0, 0.1) is 5.41 Å². The molecule has 0 aromatic rings. The highest BCUT2D eigenvalue weighted by Crippen LogP contribution is 2.28. The molecule has 2 rings (SSSR count). The molecule has 0 spiro atoms. The van der Waals surface area contributed by atoms with E-state index in [0.717, 1.165) is 38.9 Å². The van der Waals surface area contributed by atoms with Gasteiger partial charge in [-0.1, -0.05) is 0 Å². The molecule has 0 aromatic heterocycles. The Bertz CT molecular complexity index is 337. The van der Waals surface area contributed by atoms with Gasteiger partial charge in [0.25, 0.3) is 0 Å². The van der Waals surface area contributed by atoms with Gasteiger partial charge in [-0.15, -0.1) is 0 Å². The summed E-state index contributed by atoms with van der Waals surface area (Å²) in [7, 11) is 0. The number of likely N-dealkylation sites (tertiary alicyclic amines) is 1. The summed E-state index contributed by atoms with van der Waals surface area (Å²) in [5.74, 6) is 0.227. The van der Waals surface area contributed by atoms with E-state index in [2.05, 4.69) is 10.6 Å². The predicted molar refractivity (Wildman–Crippen MR) is 69.0 cm³/mol. The van der Waals surface area contributed by atoms with Crippen molar-refractivity contribution in [1.82, 2.24) is 15.5 Å². The van der Waals surface area contributed by atoms with Crippen molar-refractivity contribution in [2.24, 2.45) is 5.41 Å². The number of rotatable bonds is 2. The minimum Gasteiger partial charge on any atom is -0.352 e. The molecule has 2 heterocycles. The SMILES string of the molecule is CC(=O)N[C@H]1CCCN(C(=O)[C@@]2(C)CCNC2)C1. The van der Waals surface area contributed by atoms with Crippen molar-refractivity contribution < 1.29 is 9.59 Å². The van der Waals surface area contributed by atoms with Crippen LogP contribution >= 0.6 is 0 Å². The first-order valence-corrected chi connectivity index (χ1v) is 6.78. The normalized spacial score (nSPS) is 32.3.